The Bertz CT molecular complexity index is 419. The standard InChI is InChI=1S/C10H9Cl2N3O/c11-8-3-1-7(2-4-8)5-15-6-13-9(12)14-10(15)16/h1-4,6,9H,5H2,(H,14,16)/t9-/m1/s1. The van der Waals surface area contributed by atoms with Gasteiger partial charge in [-0.2, -0.15) is 0 Å². The minimum absolute atomic E-state index is 0.259. The fraction of sp³-hybridized carbons (Fsp3) is 0.200. The smallest absolute Gasteiger partial charge is 0.303 e. The van der Waals surface area contributed by atoms with E-state index in [9.17, 15) is 4.79 Å². The number of nitrogens with zero attached hydrogens (tertiary/aromatic N) is 2. The lowest BCUT2D eigenvalue weighted by Gasteiger charge is -2.23. The molecule has 2 rings (SSSR count). The number of hydrogen-bond donors (Lipinski definition) is 1. The molecule has 0 unspecified atom stereocenters. The van der Waals surface area contributed by atoms with Crippen molar-refractivity contribution in [2.75, 3.05) is 0 Å². The van der Waals surface area contributed by atoms with Crippen molar-refractivity contribution < 1.29 is 4.79 Å². The van der Waals surface area contributed by atoms with Crippen LogP contribution in [0.3, 0.4) is 0 Å². The summed E-state index contributed by atoms with van der Waals surface area (Å²) in [4.78, 5) is 16.8. The monoisotopic (exact) mass is 257 g/mol. The normalized spacial score (nSPS) is 19.8. The third-order valence-electron chi connectivity index (χ3n) is 2.11. The van der Waals surface area contributed by atoms with Crippen molar-refractivity contribution in [1.82, 2.24) is 10.2 Å². The molecule has 1 aliphatic heterocycles. The van der Waals surface area contributed by atoms with Crippen molar-refractivity contribution in [3.05, 3.63) is 34.9 Å². The molecular weight excluding hydrogens is 249 g/mol. The van der Waals surface area contributed by atoms with E-state index in [1.54, 1.807) is 12.1 Å². The first-order chi connectivity index (χ1) is 7.65. The molecule has 0 bridgehead atoms. The summed E-state index contributed by atoms with van der Waals surface area (Å²) in [5, 5.41) is 3.16. The Morgan fingerprint density at radius 3 is 2.69 bits per heavy atom. The molecule has 2 amide bonds. The summed E-state index contributed by atoms with van der Waals surface area (Å²) in [6, 6.07) is 7.01. The highest BCUT2D eigenvalue weighted by Gasteiger charge is 2.19. The van der Waals surface area contributed by atoms with Crippen molar-refractivity contribution >= 4 is 35.6 Å². The van der Waals surface area contributed by atoms with Crippen LogP contribution in [-0.2, 0) is 6.54 Å². The highest BCUT2D eigenvalue weighted by molar-refractivity contribution is 6.30. The van der Waals surface area contributed by atoms with Gasteiger partial charge in [0.2, 0.25) is 5.62 Å². The van der Waals surface area contributed by atoms with Gasteiger partial charge in [0, 0.05) is 5.02 Å². The number of halogens is 2. The molecular formula is C10H9Cl2N3O. The second kappa shape index (κ2) is 4.72. The Labute approximate surface area is 103 Å². The zero-order valence-corrected chi connectivity index (χ0v) is 9.74. The molecule has 0 aliphatic carbocycles. The quantitative estimate of drug-likeness (QED) is 0.642. The maximum Gasteiger partial charge on any atom is 0.325 e. The molecule has 0 aromatic heterocycles. The maximum atomic E-state index is 11.5. The van der Waals surface area contributed by atoms with Crippen molar-refractivity contribution in [3.8, 4) is 0 Å². The van der Waals surface area contributed by atoms with Gasteiger partial charge in [-0.3, -0.25) is 4.90 Å². The molecule has 1 aromatic carbocycles. The number of alkyl halides is 1. The van der Waals surface area contributed by atoms with Crippen LogP contribution in [0.25, 0.3) is 0 Å². The Kier molecular flexibility index (Phi) is 3.31. The maximum absolute atomic E-state index is 11.5. The second-order valence-electron chi connectivity index (χ2n) is 3.30. The van der Waals surface area contributed by atoms with Crippen molar-refractivity contribution in [3.63, 3.8) is 0 Å². The minimum atomic E-state index is -0.672. The predicted molar refractivity (Wildman–Crippen MR) is 63.7 cm³/mol. The van der Waals surface area contributed by atoms with E-state index in [-0.39, 0.29) is 6.03 Å². The zero-order chi connectivity index (χ0) is 11.5. The van der Waals surface area contributed by atoms with E-state index in [0.717, 1.165) is 5.56 Å². The topological polar surface area (TPSA) is 44.7 Å². The summed E-state index contributed by atoms with van der Waals surface area (Å²) >= 11 is 11.4. The minimum Gasteiger partial charge on any atom is -0.303 e. The van der Waals surface area contributed by atoms with Crippen molar-refractivity contribution in [1.29, 1.82) is 0 Å². The van der Waals surface area contributed by atoms with E-state index in [1.165, 1.54) is 11.2 Å². The zero-order valence-electron chi connectivity index (χ0n) is 8.23. The number of benzene rings is 1. The molecule has 1 heterocycles. The van der Waals surface area contributed by atoms with Crippen molar-refractivity contribution in [2.45, 2.75) is 12.2 Å². The summed E-state index contributed by atoms with van der Waals surface area (Å²) in [7, 11) is 0. The van der Waals surface area contributed by atoms with E-state index in [1.807, 2.05) is 12.1 Å². The molecule has 1 N–H and O–H groups in total. The lowest BCUT2D eigenvalue weighted by atomic mass is 10.2. The number of hydrogen-bond acceptors (Lipinski definition) is 2. The van der Waals surface area contributed by atoms with E-state index < -0.39 is 5.62 Å². The third kappa shape index (κ3) is 2.65. The van der Waals surface area contributed by atoms with E-state index in [2.05, 4.69) is 10.3 Å². The molecule has 1 aliphatic rings. The first kappa shape index (κ1) is 11.2. The highest BCUT2D eigenvalue weighted by atomic mass is 35.5. The molecule has 6 heteroatoms. The lowest BCUT2D eigenvalue weighted by Crippen LogP contribution is -2.45. The van der Waals surface area contributed by atoms with Crippen LogP contribution in [0, 0.1) is 0 Å². The van der Waals surface area contributed by atoms with Gasteiger partial charge in [0.15, 0.2) is 0 Å². The third-order valence-corrected chi connectivity index (χ3v) is 2.58. The number of rotatable bonds is 2. The van der Waals surface area contributed by atoms with Crippen LogP contribution in [0.1, 0.15) is 5.56 Å². The van der Waals surface area contributed by atoms with E-state index in [0.29, 0.717) is 11.6 Å². The van der Waals surface area contributed by atoms with Gasteiger partial charge in [-0.15, -0.1) is 0 Å². The number of carbonyl (C=O) groups is 1. The first-order valence-corrected chi connectivity index (χ1v) is 5.45. The Balaban J connectivity index is 2.07. The summed E-state index contributed by atoms with van der Waals surface area (Å²) in [6.45, 7) is 0.441. The van der Waals surface area contributed by atoms with Gasteiger partial charge >= 0.3 is 6.03 Å². The number of aliphatic imine (C=N–C) groups is 1. The largest absolute Gasteiger partial charge is 0.325 e. The van der Waals surface area contributed by atoms with Crippen LogP contribution in [0.4, 0.5) is 4.79 Å². The van der Waals surface area contributed by atoms with Gasteiger partial charge in [-0.05, 0) is 17.7 Å². The first-order valence-electron chi connectivity index (χ1n) is 4.64. The van der Waals surface area contributed by atoms with Crippen LogP contribution in [0.2, 0.25) is 5.02 Å². The summed E-state index contributed by atoms with van der Waals surface area (Å²) in [5.41, 5.74) is 0.299. The summed E-state index contributed by atoms with van der Waals surface area (Å²) < 4.78 is 0. The molecule has 0 saturated carbocycles. The van der Waals surface area contributed by atoms with E-state index >= 15 is 0 Å². The number of nitrogens with one attached hydrogen (secondary N) is 1. The highest BCUT2D eigenvalue weighted by Crippen LogP contribution is 2.12. The molecule has 84 valence electrons. The molecule has 16 heavy (non-hydrogen) atoms. The molecule has 0 saturated heterocycles. The van der Waals surface area contributed by atoms with Gasteiger partial charge in [0.25, 0.3) is 0 Å². The van der Waals surface area contributed by atoms with Gasteiger partial charge in [0.05, 0.1) is 12.9 Å². The molecule has 1 atom stereocenters. The fourth-order valence-corrected chi connectivity index (χ4v) is 1.58. The molecule has 0 fully saturated rings. The molecule has 0 spiro atoms. The fourth-order valence-electron chi connectivity index (χ4n) is 1.31. The predicted octanol–water partition coefficient (Wildman–Crippen LogP) is 2.42. The summed E-state index contributed by atoms with van der Waals surface area (Å²) in [6.07, 6.45) is 1.44. The van der Waals surface area contributed by atoms with Gasteiger partial charge in [0.1, 0.15) is 0 Å². The lowest BCUT2D eigenvalue weighted by molar-refractivity contribution is 0.217. The van der Waals surface area contributed by atoms with Crippen LogP contribution in [0.15, 0.2) is 29.3 Å². The van der Waals surface area contributed by atoms with Crippen LogP contribution < -0.4 is 5.32 Å². The summed E-state index contributed by atoms with van der Waals surface area (Å²) in [5.74, 6) is 0. The number of carbonyl (C=O) groups excluding carboxylic acids is 1. The SMILES string of the molecule is O=C1N[C@H](Cl)N=CN1Cc1ccc(Cl)cc1. The van der Waals surface area contributed by atoms with Gasteiger partial charge < -0.3 is 5.32 Å². The molecule has 1 aromatic rings. The second-order valence-corrected chi connectivity index (χ2v) is 4.15. The van der Waals surface area contributed by atoms with Gasteiger partial charge in [-0.25, -0.2) is 9.79 Å². The molecule has 4 nitrogen and oxygen atoms in total. The van der Waals surface area contributed by atoms with Crippen LogP contribution >= 0.6 is 23.2 Å². The Hall–Kier alpha value is -1.26. The van der Waals surface area contributed by atoms with Crippen molar-refractivity contribution in [2.24, 2.45) is 4.99 Å². The number of urea groups is 1. The van der Waals surface area contributed by atoms with Gasteiger partial charge in [-0.1, -0.05) is 35.3 Å². The number of amides is 2. The Morgan fingerprint density at radius 2 is 2.06 bits per heavy atom. The van der Waals surface area contributed by atoms with E-state index in [4.69, 9.17) is 23.2 Å². The molecule has 0 radical (unpaired) electrons. The Morgan fingerprint density at radius 1 is 1.38 bits per heavy atom. The average molecular weight is 258 g/mol. The average Bonchev–Trinajstić information content (AvgIpc) is 2.25. The van der Waals surface area contributed by atoms with Crippen LogP contribution in [-0.4, -0.2) is 22.9 Å². The van der Waals surface area contributed by atoms with Crippen LogP contribution in [0.5, 0.6) is 0 Å².